The molecule has 0 saturated heterocycles. The fourth-order valence-corrected chi connectivity index (χ4v) is 1.89. The van der Waals surface area contributed by atoms with Crippen molar-refractivity contribution in [3.05, 3.63) is 40.3 Å². The number of rotatable bonds is 2. The van der Waals surface area contributed by atoms with Crippen molar-refractivity contribution in [2.24, 2.45) is 7.05 Å². The van der Waals surface area contributed by atoms with Crippen LogP contribution in [0.15, 0.2) is 29.0 Å². The minimum atomic E-state index is -0.283. The summed E-state index contributed by atoms with van der Waals surface area (Å²) < 4.78 is 2.23. The van der Waals surface area contributed by atoms with Crippen LogP contribution < -0.4 is 5.32 Å². The Morgan fingerprint density at radius 1 is 1.47 bits per heavy atom. The fraction of sp³-hybridized carbons (Fsp3) is 0.182. The van der Waals surface area contributed by atoms with Crippen LogP contribution in [0.25, 0.3) is 0 Å². The zero-order valence-corrected chi connectivity index (χ0v) is 11.0. The summed E-state index contributed by atoms with van der Waals surface area (Å²) in [5.74, 6) is 0.229. The molecule has 0 radical (unpaired) electrons. The number of nitrogens with zero attached hydrogens (tertiary/aromatic N) is 3. The average molecular weight is 295 g/mol. The van der Waals surface area contributed by atoms with Gasteiger partial charge in [0.05, 0.1) is 4.47 Å². The van der Waals surface area contributed by atoms with Crippen molar-refractivity contribution < 1.29 is 4.79 Å². The lowest BCUT2D eigenvalue weighted by Crippen LogP contribution is -2.14. The van der Waals surface area contributed by atoms with E-state index in [1.165, 1.54) is 0 Å². The van der Waals surface area contributed by atoms with E-state index < -0.39 is 0 Å². The molecule has 2 aromatic rings. The molecule has 17 heavy (non-hydrogen) atoms. The van der Waals surface area contributed by atoms with E-state index in [-0.39, 0.29) is 5.91 Å². The number of halogens is 1. The molecule has 0 fully saturated rings. The van der Waals surface area contributed by atoms with E-state index in [0.717, 1.165) is 5.56 Å². The fourth-order valence-electron chi connectivity index (χ4n) is 1.33. The smallest absolute Gasteiger partial charge is 0.278 e. The molecular formula is C11H11BrN4O. The quantitative estimate of drug-likeness (QED) is 0.923. The molecule has 2 aromatic heterocycles. The second kappa shape index (κ2) is 4.67. The van der Waals surface area contributed by atoms with E-state index in [1.807, 2.05) is 13.0 Å². The molecule has 6 heteroatoms. The SMILES string of the molecule is Cc1ccc(NC(=O)c2nn(C)cc2Br)nc1. The Bertz CT molecular complexity index is 547. The second-order valence-corrected chi connectivity index (χ2v) is 4.53. The zero-order valence-electron chi connectivity index (χ0n) is 9.44. The highest BCUT2D eigenvalue weighted by atomic mass is 79.9. The lowest BCUT2D eigenvalue weighted by atomic mass is 10.3. The molecule has 1 N–H and O–H groups in total. The van der Waals surface area contributed by atoms with E-state index >= 15 is 0 Å². The Morgan fingerprint density at radius 3 is 2.76 bits per heavy atom. The third-order valence-electron chi connectivity index (χ3n) is 2.15. The molecule has 2 heterocycles. The van der Waals surface area contributed by atoms with Crippen LogP contribution in [0.3, 0.4) is 0 Å². The largest absolute Gasteiger partial charge is 0.305 e. The van der Waals surface area contributed by atoms with Crippen molar-refractivity contribution in [3.63, 3.8) is 0 Å². The molecule has 0 bridgehead atoms. The van der Waals surface area contributed by atoms with Gasteiger partial charge in [-0.3, -0.25) is 9.48 Å². The minimum Gasteiger partial charge on any atom is -0.305 e. The molecule has 0 saturated carbocycles. The number of hydrogen-bond acceptors (Lipinski definition) is 3. The highest BCUT2D eigenvalue weighted by molar-refractivity contribution is 9.10. The molecule has 1 amide bonds. The number of nitrogens with one attached hydrogen (secondary N) is 1. The van der Waals surface area contributed by atoms with Crippen LogP contribution in [-0.2, 0) is 7.05 Å². The maximum atomic E-state index is 11.9. The van der Waals surface area contributed by atoms with Gasteiger partial charge in [-0.25, -0.2) is 4.98 Å². The van der Waals surface area contributed by atoms with Crippen LogP contribution in [0.1, 0.15) is 16.1 Å². The molecule has 5 nitrogen and oxygen atoms in total. The molecule has 88 valence electrons. The Balaban J connectivity index is 2.17. The van der Waals surface area contributed by atoms with Crippen molar-refractivity contribution in [2.75, 3.05) is 5.32 Å². The van der Waals surface area contributed by atoms with Crippen molar-refractivity contribution in [1.29, 1.82) is 0 Å². The maximum absolute atomic E-state index is 11.9. The van der Waals surface area contributed by atoms with E-state index in [0.29, 0.717) is 16.0 Å². The van der Waals surface area contributed by atoms with Gasteiger partial charge in [0.15, 0.2) is 5.69 Å². The van der Waals surface area contributed by atoms with Gasteiger partial charge in [0.1, 0.15) is 5.82 Å². The summed E-state index contributed by atoms with van der Waals surface area (Å²) in [6.45, 7) is 1.94. The Morgan fingerprint density at radius 2 is 2.24 bits per heavy atom. The maximum Gasteiger partial charge on any atom is 0.278 e. The second-order valence-electron chi connectivity index (χ2n) is 3.67. The molecule has 0 spiro atoms. The first kappa shape index (κ1) is 11.8. The summed E-state index contributed by atoms with van der Waals surface area (Å²) in [4.78, 5) is 16.0. The van der Waals surface area contributed by atoms with E-state index in [4.69, 9.17) is 0 Å². The number of aromatic nitrogens is 3. The van der Waals surface area contributed by atoms with Gasteiger partial charge in [0, 0.05) is 19.4 Å². The number of carbonyl (C=O) groups is 1. The zero-order chi connectivity index (χ0) is 12.4. The average Bonchev–Trinajstić information content (AvgIpc) is 2.61. The van der Waals surface area contributed by atoms with Crippen molar-refractivity contribution in [3.8, 4) is 0 Å². The molecular weight excluding hydrogens is 284 g/mol. The van der Waals surface area contributed by atoms with Gasteiger partial charge < -0.3 is 5.32 Å². The lowest BCUT2D eigenvalue weighted by Gasteiger charge is -2.02. The monoisotopic (exact) mass is 294 g/mol. The highest BCUT2D eigenvalue weighted by Gasteiger charge is 2.14. The summed E-state index contributed by atoms with van der Waals surface area (Å²) in [6, 6.07) is 3.64. The van der Waals surface area contributed by atoms with Gasteiger partial charge in [-0.15, -0.1) is 0 Å². The summed E-state index contributed by atoms with van der Waals surface area (Å²) in [6.07, 6.45) is 3.42. The number of amides is 1. The Labute approximate surface area is 107 Å². The van der Waals surface area contributed by atoms with Gasteiger partial charge in [-0.1, -0.05) is 6.07 Å². The van der Waals surface area contributed by atoms with Gasteiger partial charge in [-0.05, 0) is 34.5 Å². The van der Waals surface area contributed by atoms with Crippen LogP contribution in [0.4, 0.5) is 5.82 Å². The lowest BCUT2D eigenvalue weighted by molar-refractivity contribution is 0.102. The third-order valence-corrected chi connectivity index (χ3v) is 2.73. The summed E-state index contributed by atoms with van der Waals surface area (Å²) in [7, 11) is 1.76. The van der Waals surface area contributed by atoms with Crippen LogP contribution >= 0.6 is 15.9 Å². The molecule has 0 aliphatic heterocycles. The Hall–Kier alpha value is -1.69. The first-order valence-corrected chi connectivity index (χ1v) is 5.78. The third kappa shape index (κ3) is 2.71. The van der Waals surface area contributed by atoms with Crippen molar-refractivity contribution >= 4 is 27.7 Å². The number of pyridine rings is 1. The topological polar surface area (TPSA) is 59.8 Å². The van der Waals surface area contributed by atoms with Gasteiger partial charge in [0.2, 0.25) is 0 Å². The Kier molecular flexibility index (Phi) is 3.23. The van der Waals surface area contributed by atoms with Crippen LogP contribution in [0.5, 0.6) is 0 Å². The first-order valence-electron chi connectivity index (χ1n) is 4.99. The van der Waals surface area contributed by atoms with Gasteiger partial charge >= 0.3 is 0 Å². The van der Waals surface area contributed by atoms with Gasteiger partial charge in [0.25, 0.3) is 5.91 Å². The normalized spacial score (nSPS) is 10.3. The van der Waals surface area contributed by atoms with Crippen LogP contribution in [0.2, 0.25) is 0 Å². The summed E-state index contributed by atoms with van der Waals surface area (Å²) >= 11 is 3.28. The highest BCUT2D eigenvalue weighted by Crippen LogP contribution is 2.15. The molecule has 0 aliphatic carbocycles. The molecule has 2 rings (SSSR count). The van der Waals surface area contributed by atoms with E-state index in [9.17, 15) is 4.79 Å². The molecule has 0 atom stereocenters. The van der Waals surface area contributed by atoms with Crippen LogP contribution in [-0.4, -0.2) is 20.7 Å². The van der Waals surface area contributed by atoms with Gasteiger partial charge in [-0.2, -0.15) is 5.10 Å². The standard InChI is InChI=1S/C11H11BrN4O/c1-7-3-4-9(13-5-7)14-11(17)10-8(12)6-16(2)15-10/h3-6H,1-2H3,(H,13,14,17). The van der Waals surface area contributed by atoms with Crippen LogP contribution in [0, 0.1) is 6.92 Å². The number of aryl methyl sites for hydroxylation is 2. The number of hydrogen-bond donors (Lipinski definition) is 1. The van der Waals surface area contributed by atoms with E-state index in [2.05, 4.69) is 31.3 Å². The minimum absolute atomic E-state index is 0.283. The van der Waals surface area contributed by atoms with E-state index in [1.54, 1.807) is 30.2 Å². The predicted octanol–water partition coefficient (Wildman–Crippen LogP) is 2.14. The molecule has 0 aromatic carbocycles. The first-order chi connectivity index (χ1) is 8.06. The summed E-state index contributed by atoms with van der Waals surface area (Å²) in [5.41, 5.74) is 1.39. The predicted molar refractivity (Wildman–Crippen MR) is 67.8 cm³/mol. The number of anilines is 1. The van der Waals surface area contributed by atoms with Crippen molar-refractivity contribution in [1.82, 2.24) is 14.8 Å². The van der Waals surface area contributed by atoms with Crippen molar-refractivity contribution in [2.45, 2.75) is 6.92 Å². The summed E-state index contributed by atoms with van der Waals surface area (Å²) in [5, 5.41) is 6.74. The molecule has 0 aliphatic rings. The molecule has 0 unspecified atom stereocenters. The number of carbonyl (C=O) groups excluding carboxylic acids is 1.